The van der Waals surface area contributed by atoms with Crippen LogP contribution in [0.3, 0.4) is 0 Å². The molecule has 3 aromatic heterocycles. The Morgan fingerprint density at radius 3 is 2.63 bits per heavy atom. The zero-order valence-electron chi connectivity index (χ0n) is 14.2. The van der Waals surface area contributed by atoms with Crippen molar-refractivity contribution in [2.75, 3.05) is 5.32 Å². The summed E-state index contributed by atoms with van der Waals surface area (Å²) in [6, 6.07) is 11.6. The number of nitrogens with zero attached hydrogens (tertiary/aromatic N) is 5. The Kier molecular flexibility index (Phi) is 4.59. The van der Waals surface area contributed by atoms with Gasteiger partial charge < -0.3 is 5.32 Å². The van der Waals surface area contributed by atoms with Crippen LogP contribution in [0.15, 0.2) is 54.2 Å². The Balaban J connectivity index is 1.59. The van der Waals surface area contributed by atoms with E-state index in [4.69, 9.17) is 0 Å². The van der Waals surface area contributed by atoms with Gasteiger partial charge in [0.25, 0.3) is 0 Å². The lowest BCUT2D eigenvalue weighted by Gasteiger charge is -2.04. The minimum atomic E-state index is -2.70. The lowest BCUT2D eigenvalue weighted by atomic mass is 10.2. The summed E-state index contributed by atoms with van der Waals surface area (Å²) in [6.07, 6.45) is 2.82. The van der Waals surface area contributed by atoms with Gasteiger partial charge in [-0.3, -0.25) is 0 Å². The standard InChI is InChI=1S/C18H14F2N6S/c1-11-14(9-26(25-11)17(19)20)24-18-21-8-7-13(23-18)15-10-27-16(22-15)12-5-3-2-4-6-12/h2-10,17H,1H3,(H,21,23,24). The van der Waals surface area contributed by atoms with E-state index in [0.717, 1.165) is 16.3 Å². The molecule has 0 amide bonds. The van der Waals surface area contributed by atoms with Crippen molar-refractivity contribution in [2.45, 2.75) is 13.5 Å². The summed E-state index contributed by atoms with van der Waals surface area (Å²) in [7, 11) is 0. The second-order valence-electron chi connectivity index (χ2n) is 5.68. The van der Waals surface area contributed by atoms with E-state index >= 15 is 0 Å². The van der Waals surface area contributed by atoms with E-state index in [9.17, 15) is 8.78 Å². The molecule has 1 aromatic carbocycles. The number of thiazole rings is 1. The van der Waals surface area contributed by atoms with Crippen LogP contribution in [0.25, 0.3) is 22.0 Å². The van der Waals surface area contributed by atoms with Crippen LogP contribution >= 0.6 is 11.3 Å². The summed E-state index contributed by atoms with van der Waals surface area (Å²) >= 11 is 1.53. The molecule has 1 N–H and O–H groups in total. The summed E-state index contributed by atoms with van der Waals surface area (Å²) in [5.74, 6) is 0.290. The third-order valence-corrected chi connectivity index (χ3v) is 4.70. The normalized spacial score (nSPS) is 11.1. The average Bonchev–Trinajstić information content (AvgIpc) is 3.31. The Morgan fingerprint density at radius 1 is 1.07 bits per heavy atom. The van der Waals surface area contributed by atoms with Crippen molar-refractivity contribution in [3.63, 3.8) is 0 Å². The number of aryl methyl sites for hydroxylation is 1. The molecule has 136 valence electrons. The first-order chi connectivity index (χ1) is 13.1. The molecule has 0 spiro atoms. The third kappa shape index (κ3) is 3.68. The Hall–Kier alpha value is -3.20. The van der Waals surface area contributed by atoms with Gasteiger partial charge in [0, 0.05) is 17.1 Å². The summed E-state index contributed by atoms with van der Waals surface area (Å²) in [6.45, 7) is -1.06. The van der Waals surface area contributed by atoms with Crippen molar-refractivity contribution < 1.29 is 8.78 Å². The second kappa shape index (κ2) is 7.20. The fraction of sp³-hybridized carbons (Fsp3) is 0.111. The smallest absolute Gasteiger partial charge is 0.321 e. The highest BCUT2D eigenvalue weighted by Gasteiger charge is 2.13. The first-order valence-corrected chi connectivity index (χ1v) is 8.93. The Bertz CT molecular complexity index is 1060. The van der Waals surface area contributed by atoms with Crippen molar-refractivity contribution in [3.8, 4) is 22.0 Å². The van der Waals surface area contributed by atoms with Crippen LogP contribution in [0.2, 0.25) is 0 Å². The number of benzene rings is 1. The number of rotatable bonds is 5. The minimum Gasteiger partial charge on any atom is -0.321 e. The van der Waals surface area contributed by atoms with Crippen molar-refractivity contribution >= 4 is 23.0 Å². The first-order valence-electron chi connectivity index (χ1n) is 8.05. The third-order valence-electron chi connectivity index (χ3n) is 3.81. The molecule has 6 nitrogen and oxygen atoms in total. The molecule has 3 heterocycles. The SMILES string of the molecule is Cc1nn(C(F)F)cc1Nc1nccc(-c2csc(-c3ccccc3)n2)n1. The highest BCUT2D eigenvalue weighted by Crippen LogP contribution is 2.28. The van der Waals surface area contributed by atoms with Crippen molar-refractivity contribution in [1.82, 2.24) is 24.7 Å². The molecule has 27 heavy (non-hydrogen) atoms. The molecule has 0 radical (unpaired) electrons. The van der Waals surface area contributed by atoms with Gasteiger partial charge in [-0.15, -0.1) is 11.3 Å². The summed E-state index contributed by atoms with van der Waals surface area (Å²) < 4.78 is 26.1. The molecular formula is C18H14F2N6S. The van der Waals surface area contributed by atoms with Crippen LogP contribution < -0.4 is 5.32 Å². The van der Waals surface area contributed by atoms with Gasteiger partial charge in [-0.25, -0.2) is 19.6 Å². The zero-order valence-corrected chi connectivity index (χ0v) is 15.0. The summed E-state index contributed by atoms with van der Waals surface area (Å²) in [5, 5.41) is 9.52. The number of halogens is 2. The maximum Gasteiger partial charge on any atom is 0.333 e. The maximum absolute atomic E-state index is 12.8. The molecule has 9 heteroatoms. The number of hydrogen-bond donors (Lipinski definition) is 1. The fourth-order valence-corrected chi connectivity index (χ4v) is 3.31. The zero-order chi connectivity index (χ0) is 18.8. The van der Waals surface area contributed by atoms with Gasteiger partial charge in [0.1, 0.15) is 10.7 Å². The molecular weight excluding hydrogens is 370 g/mol. The van der Waals surface area contributed by atoms with Gasteiger partial charge >= 0.3 is 6.55 Å². The number of alkyl halides is 2. The van der Waals surface area contributed by atoms with Gasteiger partial charge in [0.05, 0.1) is 23.3 Å². The first kappa shape index (κ1) is 17.2. The van der Waals surface area contributed by atoms with E-state index in [1.54, 1.807) is 19.2 Å². The van der Waals surface area contributed by atoms with E-state index in [1.165, 1.54) is 17.5 Å². The van der Waals surface area contributed by atoms with Crippen LogP contribution in [-0.2, 0) is 0 Å². The quantitative estimate of drug-likeness (QED) is 0.529. The van der Waals surface area contributed by atoms with E-state index in [-0.39, 0.29) is 0 Å². The predicted molar refractivity (Wildman–Crippen MR) is 100 cm³/mol. The van der Waals surface area contributed by atoms with Crippen molar-refractivity contribution in [3.05, 3.63) is 59.9 Å². The highest BCUT2D eigenvalue weighted by molar-refractivity contribution is 7.13. The van der Waals surface area contributed by atoms with Crippen molar-refractivity contribution in [1.29, 1.82) is 0 Å². The van der Waals surface area contributed by atoms with Gasteiger partial charge in [0.2, 0.25) is 5.95 Å². The monoisotopic (exact) mass is 384 g/mol. The fourth-order valence-electron chi connectivity index (χ4n) is 2.49. The van der Waals surface area contributed by atoms with E-state index in [1.807, 2.05) is 35.7 Å². The summed E-state index contributed by atoms with van der Waals surface area (Å²) in [4.78, 5) is 13.2. The predicted octanol–water partition coefficient (Wildman–Crippen LogP) is 4.91. The molecule has 0 unspecified atom stereocenters. The van der Waals surface area contributed by atoms with Gasteiger partial charge in [-0.2, -0.15) is 13.9 Å². The largest absolute Gasteiger partial charge is 0.333 e. The highest BCUT2D eigenvalue weighted by atomic mass is 32.1. The number of anilines is 2. The Morgan fingerprint density at radius 2 is 1.89 bits per heavy atom. The number of aromatic nitrogens is 5. The number of hydrogen-bond acceptors (Lipinski definition) is 6. The van der Waals surface area contributed by atoms with Crippen LogP contribution in [0.5, 0.6) is 0 Å². The van der Waals surface area contributed by atoms with E-state index in [2.05, 4.69) is 25.4 Å². The molecule has 0 fully saturated rings. The van der Waals surface area contributed by atoms with Crippen LogP contribution in [-0.4, -0.2) is 24.7 Å². The van der Waals surface area contributed by atoms with Crippen molar-refractivity contribution in [2.24, 2.45) is 0 Å². The minimum absolute atomic E-state index is 0.290. The molecule has 0 aliphatic carbocycles. The molecule has 0 aliphatic rings. The molecule has 0 atom stereocenters. The van der Waals surface area contributed by atoms with E-state index in [0.29, 0.717) is 27.7 Å². The summed E-state index contributed by atoms with van der Waals surface area (Å²) in [5.41, 5.74) is 3.27. The van der Waals surface area contributed by atoms with Crippen LogP contribution in [0, 0.1) is 6.92 Å². The van der Waals surface area contributed by atoms with E-state index < -0.39 is 6.55 Å². The molecule has 0 saturated heterocycles. The average molecular weight is 384 g/mol. The molecule has 0 aliphatic heterocycles. The molecule has 4 rings (SSSR count). The van der Waals surface area contributed by atoms with Crippen LogP contribution in [0.4, 0.5) is 20.4 Å². The Labute approximate surface area is 157 Å². The topological polar surface area (TPSA) is 68.5 Å². The molecule has 4 aromatic rings. The molecule has 0 bridgehead atoms. The lowest BCUT2D eigenvalue weighted by Crippen LogP contribution is -1.98. The maximum atomic E-state index is 12.8. The molecule has 0 saturated carbocycles. The van der Waals surface area contributed by atoms with Gasteiger partial charge in [-0.05, 0) is 13.0 Å². The van der Waals surface area contributed by atoms with Crippen LogP contribution in [0.1, 0.15) is 12.2 Å². The second-order valence-corrected chi connectivity index (χ2v) is 6.54. The van der Waals surface area contributed by atoms with Gasteiger partial charge in [-0.1, -0.05) is 30.3 Å². The lowest BCUT2D eigenvalue weighted by molar-refractivity contribution is 0.0563. The van der Waals surface area contributed by atoms with Gasteiger partial charge in [0.15, 0.2) is 0 Å². The number of nitrogens with one attached hydrogen (secondary N) is 1.